The predicted octanol–water partition coefficient (Wildman–Crippen LogP) is 4.38. The quantitative estimate of drug-likeness (QED) is 0.427. The van der Waals surface area contributed by atoms with Gasteiger partial charge in [-0.05, 0) is 36.4 Å². The van der Waals surface area contributed by atoms with Crippen molar-refractivity contribution in [3.63, 3.8) is 0 Å². The van der Waals surface area contributed by atoms with Gasteiger partial charge in [-0.2, -0.15) is 17.6 Å². The van der Waals surface area contributed by atoms with Crippen molar-refractivity contribution < 1.29 is 31.5 Å². The SMILES string of the molecule is CN(CCn1c(F)c(F)c(C(=O)Nc2cccnc2)c1C=O)c1ccc(C(F)(F)F)cc1. The van der Waals surface area contributed by atoms with Crippen molar-refractivity contribution in [1.29, 1.82) is 0 Å². The summed E-state index contributed by atoms with van der Waals surface area (Å²) < 4.78 is 67.8. The van der Waals surface area contributed by atoms with Crippen LogP contribution in [0.15, 0.2) is 48.8 Å². The largest absolute Gasteiger partial charge is 0.416 e. The van der Waals surface area contributed by atoms with E-state index < -0.39 is 40.7 Å². The van der Waals surface area contributed by atoms with Crippen LogP contribution in [0.5, 0.6) is 0 Å². The number of anilines is 2. The van der Waals surface area contributed by atoms with E-state index in [0.29, 0.717) is 10.3 Å². The molecule has 0 aliphatic carbocycles. The number of rotatable bonds is 7. The number of alkyl halides is 3. The van der Waals surface area contributed by atoms with Crippen molar-refractivity contribution in [3.8, 4) is 0 Å². The van der Waals surface area contributed by atoms with Gasteiger partial charge in [-0.3, -0.25) is 14.6 Å². The molecule has 0 saturated carbocycles. The van der Waals surface area contributed by atoms with Gasteiger partial charge in [0.15, 0.2) is 12.1 Å². The topological polar surface area (TPSA) is 67.2 Å². The van der Waals surface area contributed by atoms with E-state index in [1.54, 1.807) is 0 Å². The molecule has 1 N–H and O–H groups in total. The van der Waals surface area contributed by atoms with Gasteiger partial charge in [0, 0.05) is 32.0 Å². The molecule has 2 heterocycles. The molecule has 0 atom stereocenters. The number of pyridine rings is 1. The molecule has 0 aliphatic rings. The third kappa shape index (κ3) is 4.76. The van der Waals surface area contributed by atoms with E-state index in [2.05, 4.69) is 10.3 Å². The lowest BCUT2D eigenvalue weighted by molar-refractivity contribution is -0.137. The van der Waals surface area contributed by atoms with E-state index in [1.165, 1.54) is 48.6 Å². The molecule has 3 rings (SSSR count). The number of nitrogens with one attached hydrogen (secondary N) is 1. The highest BCUT2D eigenvalue weighted by Crippen LogP contribution is 2.30. The highest BCUT2D eigenvalue weighted by Gasteiger charge is 2.30. The molecule has 0 saturated heterocycles. The zero-order valence-electron chi connectivity index (χ0n) is 16.7. The van der Waals surface area contributed by atoms with Gasteiger partial charge in [-0.15, -0.1) is 0 Å². The summed E-state index contributed by atoms with van der Waals surface area (Å²) in [6.45, 7) is -0.227. The van der Waals surface area contributed by atoms with Gasteiger partial charge in [0.25, 0.3) is 5.91 Å². The summed E-state index contributed by atoms with van der Waals surface area (Å²) >= 11 is 0. The number of aldehydes is 1. The normalized spacial score (nSPS) is 11.3. The first kappa shape index (κ1) is 22.9. The van der Waals surface area contributed by atoms with Crippen LogP contribution in [0.3, 0.4) is 0 Å². The fourth-order valence-electron chi connectivity index (χ4n) is 3.05. The number of hydrogen-bond acceptors (Lipinski definition) is 4. The second-order valence-corrected chi connectivity index (χ2v) is 6.80. The standard InChI is InChI=1S/C21H17F5N4O2/c1-29(15-6-4-13(5-7-15)21(24,25)26)9-10-30-16(12-31)17(18(22)19(30)23)20(32)28-14-3-2-8-27-11-14/h2-8,11-12H,9-10H2,1H3,(H,28,32). The van der Waals surface area contributed by atoms with Crippen molar-refractivity contribution in [2.45, 2.75) is 12.7 Å². The molecule has 0 fully saturated rings. The third-order valence-corrected chi connectivity index (χ3v) is 4.74. The Morgan fingerprint density at radius 1 is 1.19 bits per heavy atom. The summed E-state index contributed by atoms with van der Waals surface area (Å²) in [6.07, 6.45) is -1.56. The molecule has 32 heavy (non-hydrogen) atoms. The molecule has 6 nitrogen and oxygen atoms in total. The lowest BCUT2D eigenvalue weighted by Crippen LogP contribution is -2.24. The molecule has 168 valence electrons. The van der Waals surface area contributed by atoms with Crippen LogP contribution in [0.25, 0.3) is 0 Å². The van der Waals surface area contributed by atoms with Crippen LogP contribution in [0.1, 0.15) is 26.4 Å². The number of amides is 1. The van der Waals surface area contributed by atoms with Gasteiger partial charge in [0.2, 0.25) is 5.95 Å². The first-order chi connectivity index (χ1) is 15.1. The Balaban J connectivity index is 1.79. The van der Waals surface area contributed by atoms with Crippen molar-refractivity contribution in [2.24, 2.45) is 0 Å². The number of nitrogens with zero attached hydrogens (tertiary/aromatic N) is 3. The van der Waals surface area contributed by atoms with Gasteiger partial charge >= 0.3 is 6.18 Å². The molecule has 11 heteroatoms. The molecule has 0 bridgehead atoms. The molecule has 0 unspecified atom stereocenters. The second-order valence-electron chi connectivity index (χ2n) is 6.80. The number of carbonyl (C=O) groups excluding carboxylic acids is 2. The number of hydrogen-bond donors (Lipinski definition) is 1. The summed E-state index contributed by atoms with van der Waals surface area (Å²) in [6, 6.07) is 7.29. The zero-order valence-corrected chi connectivity index (χ0v) is 16.7. The molecule has 0 radical (unpaired) electrons. The first-order valence-corrected chi connectivity index (χ1v) is 9.26. The van der Waals surface area contributed by atoms with Gasteiger partial charge in [-0.25, -0.2) is 4.39 Å². The zero-order chi connectivity index (χ0) is 23.5. The van der Waals surface area contributed by atoms with Crippen molar-refractivity contribution in [2.75, 3.05) is 23.8 Å². The highest BCUT2D eigenvalue weighted by atomic mass is 19.4. The third-order valence-electron chi connectivity index (χ3n) is 4.74. The van der Waals surface area contributed by atoms with Crippen LogP contribution in [0, 0.1) is 11.8 Å². The fraction of sp³-hybridized carbons (Fsp3) is 0.190. The van der Waals surface area contributed by atoms with Crippen LogP contribution in [-0.2, 0) is 12.7 Å². The minimum Gasteiger partial charge on any atom is -0.373 e. The smallest absolute Gasteiger partial charge is 0.373 e. The van der Waals surface area contributed by atoms with E-state index in [4.69, 9.17) is 0 Å². The maximum atomic E-state index is 14.5. The van der Waals surface area contributed by atoms with E-state index in [-0.39, 0.29) is 25.1 Å². The van der Waals surface area contributed by atoms with E-state index in [0.717, 1.165) is 12.1 Å². The van der Waals surface area contributed by atoms with Gasteiger partial charge < -0.3 is 14.8 Å². The molecule has 0 aliphatic heterocycles. The van der Waals surface area contributed by atoms with Crippen LogP contribution in [0.2, 0.25) is 0 Å². The predicted molar refractivity (Wildman–Crippen MR) is 107 cm³/mol. The molecular formula is C21H17F5N4O2. The number of benzene rings is 1. The van der Waals surface area contributed by atoms with Crippen LogP contribution >= 0.6 is 0 Å². The molecule has 0 spiro atoms. The van der Waals surface area contributed by atoms with Crippen molar-refractivity contribution in [3.05, 3.63) is 77.4 Å². The summed E-state index contributed by atoms with van der Waals surface area (Å²) in [4.78, 5) is 29.3. The van der Waals surface area contributed by atoms with Gasteiger partial charge in [-0.1, -0.05) is 0 Å². The molecule has 3 aromatic rings. The van der Waals surface area contributed by atoms with E-state index in [9.17, 15) is 31.5 Å². The maximum Gasteiger partial charge on any atom is 0.416 e. The molecule has 2 aromatic heterocycles. The lowest BCUT2D eigenvalue weighted by atomic mass is 10.2. The average molecular weight is 452 g/mol. The van der Waals surface area contributed by atoms with Crippen LogP contribution < -0.4 is 10.2 Å². The van der Waals surface area contributed by atoms with Gasteiger partial charge in [0.05, 0.1) is 23.1 Å². The summed E-state index contributed by atoms with van der Waals surface area (Å²) in [5, 5.41) is 2.34. The monoisotopic (exact) mass is 452 g/mol. The maximum absolute atomic E-state index is 14.5. The number of aromatic nitrogens is 2. The Kier molecular flexibility index (Phi) is 6.56. The Morgan fingerprint density at radius 3 is 2.44 bits per heavy atom. The summed E-state index contributed by atoms with van der Waals surface area (Å²) in [7, 11) is 1.54. The lowest BCUT2D eigenvalue weighted by Gasteiger charge is -2.20. The van der Waals surface area contributed by atoms with Crippen LogP contribution in [0.4, 0.5) is 33.3 Å². The number of carbonyl (C=O) groups is 2. The summed E-state index contributed by atoms with van der Waals surface area (Å²) in [5.74, 6) is -3.90. The molecular weight excluding hydrogens is 435 g/mol. The van der Waals surface area contributed by atoms with Crippen LogP contribution in [-0.4, -0.2) is 35.3 Å². The minimum absolute atomic E-state index is 0.0148. The molecule has 1 amide bonds. The number of likely N-dealkylation sites (N-methyl/N-ethyl adjacent to an activating group) is 1. The van der Waals surface area contributed by atoms with E-state index in [1.807, 2.05) is 0 Å². The Hall–Kier alpha value is -3.76. The van der Waals surface area contributed by atoms with Gasteiger partial charge in [0.1, 0.15) is 5.56 Å². The fourth-order valence-corrected chi connectivity index (χ4v) is 3.05. The minimum atomic E-state index is -4.48. The highest BCUT2D eigenvalue weighted by molar-refractivity contribution is 6.08. The summed E-state index contributed by atoms with van der Waals surface area (Å²) in [5.41, 5.74) is -1.45. The Bertz CT molecular complexity index is 1110. The van der Waals surface area contributed by atoms with Crippen molar-refractivity contribution >= 4 is 23.6 Å². The van der Waals surface area contributed by atoms with E-state index >= 15 is 0 Å². The average Bonchev–Trinajstić information content (AvgIpc) is 3.01. The Labute approximate surface area is 179 Å². The Morgan fingerprint density at radius 2 is 1.88 bits per heavy atom. The second kappa shape index (κ2) is 9.16. The first-order valence-electron chi connectivity index (χ1n) is 9.26. The number of halogens is 5. The van der Waals surface area contributed by atoms with Crippen molar-refractivity contribution in [1.82, 2.24) is 9.55 Å². The molecule has 1 aromatic carbocycles.